The first-order valence-corrected chi connectivity index (χ1v) is 5.65. The van der Waals surface area contributed by atoms with Crippen molar-refractivity contribution in [2.75, 3.05) is 0 Å². The van der Waals surface area contributed by atoms with Crippen molar-refractivity contribution in [2.45, 2.75) is 0 Å². The van der Waals surface area contributed by atoms with Crippen LogP contribution in [0, 0.1) is 16.1 Å². The van der Waals surface area contributed by atoms with Crippen LogP contribution in [0.3, 0.4) is 0 Å². The summed E-state index contributed by atoms with van der Waals surface area (Å²) in [5, 5.41) is 11.4. The Labute approximate surface area is 109 Å². The number of nitrogens with one attached hydrogen (secondary N) is 1. The van der Waals surface area contributed by atoms with Gasteiger partial charge in [-0.1, -0.05) is 23.7 Å². The van der Waals surface area contributed by atoms with Crippen LogP contribution in [0.15, 0.2) is 28.7 Å². The highest BCUT2D eigenvalue weighted by atomic mass is 79.9. The normalized spacial score (nSPS) is 10.5. The van der Waals surface area contributed by atoms with Gasteiger partial charge in [0.15, 0.2) is 4.47 Å². The highest BCUT2D eigenvalue weighted by Gasteiger charge is 2.26. The van der Waals surface area contributed by atoms with Crippen LogP contribution in [0.25, 0.3) is 11.3 Å². The number of aromatic nitrogens is 1. The Balaban J connectivity index is 2.63. The van der Waals surface area contributed by atoms with E-state index in [1.54, 1.807) is 24.3 Å². The molecule has 0 saturated heterocycles. The van der Waals surface area contributed by atoms with Crippen molar-refractivity contribution >= 4 is 33.2 Å². The minimum absolute atomic E-state index is 0.107. The average Bonchev–Trinajstić information content (AvgIpc) is 2.56. The molecule has 1 aromatic heterocycles. The third kappa shape index (κ3) is 2.18. The van der Waals surface area contributed by atoms with Crippen LogP contribution in [0.5, 0.6) is 0 Å². The van der Waals surface area contributed by atoms with Crippen LogP contribution in [-0.4, -0.2) is 9.91 Å². The molecule has 17 heavy (non-hydrogen) atoms. The maximum absolute atomic E-state index is 13.3. The molecule has 0 radical (unpaired) electrons. The third-order valence-corrected chi connectivity index (χ3v) is 3.16. The molecule has 0 amide bonds. The summed E-state index contributed by atoms with van der Waals surface area (Å²) in [6, 6.07) is 6.31. The summed E-state index contributed by atoms with van der Waals surface area (Å²) >= 11 is 8.55. The Morgan fingerprint density at radius 3 is 2.47 bits per heavy atom. The fourth-order valence-electron chi connectivity index (χ4n) is 1.43. The summed E-state index contributed by atoms with van der Waals surface area (Å²) < 4.78 is 13.1. The molecule has 0 aliphatic carbocycles. The Kier molecular flexibility index (Phi) is 3.17. The van der Waals surface area contributed by atoms with E-state index in [-0.39, 0.29) is 15.9 Å². The van der Waals surface area contributed by atoms with Crippen LogP contribution >= 0.6 is 27.5 Å². The van der Waals surface area contributed by atoms with E-state index in [1.165, 1.54) is 0 Å². The standard InChI is InChI=1S/C10H5BrClFN2O2/c11-7-9(15(16)17)8(14-10(7)13)5-1-3-6(12)4-2-5/h1-4,14H. The Bertz CT molecular complexity index is 583. The number of nitrogens with zero attached hydrogens (tertiary/aromatic N) is 1. The lowest BCUT2D eigenvalue weighted by molar-refractivity contribution is -0.384. The molecule has 1 N–H and O–H groups in total. The number of H-pyrrole nitrogens is 1. The molecule has 0 bridgehead atoms. The van der Waals surface area contributed by atoms with Crippen LogP contribution in [0.4, 0.5) is 10.1 Å². The summed E-state index contributed by atoms with van der Waals surface area (Å²) in [6.45, 7) is 0. The van der Waals surface area contributed by atoms with Gasteiger partial charge in [0.2, 0.25) is 5.95 Å². The summed E-state index contributed by atoms with van der Waals surface area (Å²) in [5.74, 6) is -0.776. The summed E-state index contributed by atoms with van der Waals surface area (Å²) in [7, 11) is 0. The molecule has 0 spiro atoms. The number of nitro groups is 1. The van der Waals surface area contributed by atoms with Crippen LogP contribution in [0.1, 0.15) is 0 Å². The van der Waals surface area contributed by atoms with Gasteiger partial charge in [-0.25, -0.2) is 0 Å². The van der Waals surface area contributed by atoms with E-state index in [0.29, 0.717) is 10.6 Å². The van der Waals surface area contributed by atoms with Crippen molar-refractivity contribution in [3.63, 3.8) is 0 Å². The molecule has 0 aliphatic heterocycles. The molecule has 7 heteroatoms. The SMILES string of the molecule is O=[N+]([O-])c1c(-c2ccc(Cl)cc2)[nH]c(F)c1Br. The molecule has 0 saturated carbocycles. The van der Waals surface area contributed by atoms with Gasteiger partial charge in [-0.3, -0.25) is 10.1 Å². The first kappa shape index (κ1) is 12.1. The van der Waals surface area contributed by atoms with E-state index < -0.39 is 10.9 Å². The smallest absolute Gasteiger partial charge is 0.311 e. The molecule has 0 aliphatic rings. The second-order valence-electron chi connectivity index (χ2n) is 3.24. The average molecular weight is 320 g/mol. The van der Waals surface area contributed by atoms with Gasteiger partial charge in [0.1, 0.15) is 5.69 Å². The van der Waals surface area contributed by atoms with Crippen LogP contribution < -0.4 is 0 Å². The Morgan fingerprint density at radius 2 is 1.94 bits per heavy atom. The molecule has 4 nitrogen and oxygen atoms in total. The lowest BCUT2D eigenvalue weighted by Crippen LogP contribution is -1.89. The fourth-order valence-corrected chi connectivity index (χ4v) is 2.00. The van der Waals surface area contributed by atoms with E-state index >= 15 is 0 Å². The van der Waals surface area contributed by atoms with E-state index in [1.807, 2.05) is 0 Å². The maximum atomic E-state index is 13.3. The van der Waals surface area contributed by atoms with Gasteiger partial charge in [0, 0.05) is 10.6 Å². The molecule has 2 aromatic rings. The Hall–Kier alpha value is -1.40. The molecule has 0 unspecified atom stereocenters. The zero-order valence-corrected chi connectivity index (χ0v) is 10.5. The predicted molar refractivity (Wildman–Crippen MR) is 65.6 cm³/mol. The molecule has 0 fully saturated rings. The molecule has 88 valence electrons. The monoisotopic (exact) mass is 318 g/mol. The molecule has 1 aromatic carbocycles. The largest absolute Gasteiger partial charge is 0.325 e. The first-order chi connectivity index (χ1) is 8.00. The van der Waals surface area contributed by atoms with Gasteiger partial charge in [-0.2, -0.15) is 4.39 Å². The van der Waals surface area contributed by atoms with Crippen molar-refractivity contribution in [3.8, 4) is 11.3 Å². The molecular formula is C10H5BrClFN2O2. The number of rotatable bonds is 2. The third-order valence-electron chi connectivity index (χ3n) is 2.19. The van der Waals surface area contributed by atoms with Gasteiger partial charge in [-0.05, 0) is 28.1 Å². The fraction of sp³-hybridized carbons (Fsp3) is 0. The summed E-state index contributed by atoms with van der Waals surface area (Å²) in [4.78, 5) is 12.5. The van der Waals surface area contributed by atoms with Gasteiger partial charge in [0.25, 0.3) is 0 Å². The van der Waals surface area contributed by atoms with Crippen molar-refractivity contribution in [2.24, 2.45) is 0 Å². The molecule has 0 atom stereocenters. The van der Waals surface area contributed by atoms with E-state index in [4.69, 9.17) is 11.6 Å². The van der Waals surface area contributed by atoms with E-state index in [0.717, 1.165) is 0 Å². The Morgan fingerprint density at radius 1 is 1.35 bits per heavy atom. The van der Waals surface area contributed by atoms with Crippen molar-refractivity contribution in [1.82, 2.24) is 4.98 Å². The van der Waals surface area contributed by atoms with Crippen molar-refractivity contribution in [1.29, 1.82) is 0 Å². The van der Waals surface area contributed by atoms with Crippen molar-refractivity contribution < 1.29 is 9.31 Å². The number of aromatic amines is 1. The van der Waals surface area contributed by atoms with Gasteiger partial charge < -0.3 is 4.98 Å². The number of benzene rings is 1. The summed E-state index contributed by atoms with van der Waals surface area (Å²) in [5.41, 5.74) is 0.270. The minimum Gasteiger partial charge on any atom is -0.325 e. The lowest BCUT2D eigenvalue weighted by atomic mass is 10.1. The number of hydrogen-bond donors (Lipinski definition) is 1. The lowest BCUT2D eigenvalue weighted by Gasteiger charge is -1.98. The van der Waals surface area contributed by atoms with Crippen LogP contribution in [0.2, 0.25) is 5.02 Å². The molecule has 2 rings (SSSR count). The first-order valence-electron chi connectivity index (χ1n) is 4.48. The minimum atomic E-state index is -0.776. The van der Waals surface area contributed by atoms with Gasteiger partial charge in [-0.15, -0.1) is 0 Å². The second kappa shape index (κ2) is 4.46. The topological polar surface area (TPSA) is 58.9 Å². The van der Waals surface area contributed by atoms with E-state index in [9.17, 15) is 14.5 Å². The predicted octanol–water partition coefficient (Wildman–Crippen LogP) is 4.14. The van der Waals surface area contributed by atoms with Gasteiger partial charge in [0.05, 0.1) is 4.92 Å². The highest BCUT2D eigenvalue weighted by molar-refractivity contribution is 9.10. The quantitative estimate of drug-likeness (QED) is 0.668. The zero-order chi connectivity index (χ0) is 12.6. The molecule has 1 heterocycles. The second-order valence-corrected chi connectivity index (χ2v) is 4.47. The van der Waals surface area contributed by atoms with Crippen molar-refractivity contribution in [3.05, 3.63) is 49.8 Å². The number of halogens is 3. The zero-order valence-electron chi connectivity index (χ0n) is 8.21. The van der Waals surface area contributed by atoms with E-state index in [2.05, 4.69) is 20.9 Å². The number of hydrogen-bond acceptors (Lipinski definition) is 2. The highest BCUT2D eigenvalue weighted by Crippen LogP contribution is 2.37. The van der Waals surface area contributed by atoms with Gasteiger partial charge >= 0.3 is 5.69 Å². The maximum Gasteiger partial charge on any atom is 0.311 e. The summed E-state index contributed by atoms with van der Waals surface area (Å²) in [6.07, 6.45) is 0. The van der Waals surface area contributed by atoms with Crippen LogP contribution in [-0.2, 0) is 0 Å². The molecular weight excluding hydrogens is 314 g/mol.